The van der Waals surface area contributed by atoms with E-state index in [0.29, 0.717) is 5.41 Å². The summed E-state index contributed by atoms with van der Waals surface area (Å²) in [7, 11) is 0. The van der Waals surface area contributed by atoms with Crippen molar-refractivity contribution < 1.29 is 0 Å². The Balaban J connectivity index is 1.70. The SMILES string of the molecule is CC1(C)CC1CNc1nc2ccccn2n1. The van der Waals surface area contributed by atoms with Crippen LogP contribution in [0.1, 0.15) is 20.3 Å². The topological polar surface area (TPSA) is 42.2 Å². The third-order valence-corrected chi connectivity index (χ3v) is 3.47. The number of aromatic nitrogens is 3. The number of fused-ring (bicyclic) bond motifs is 1. The molecule has 2 heterocycles. The molecular formula is C12H16N4. The van der Waals surface area contributed by atoms with Crippen LogP contribution in [0.2, 0.25) is 0 Å². The predicted octanol–water partition coefficient (Wildman–Crippen LogP) is 2.19. The lowest BCUT2D eigenvalue weighted by Gasteiger charge is -2.02. The molecule has 1 fully saturated rings. The van der Waals surface area contributed by atoms with Crippen LogP contribution < -0.4 is 5.32 Å². The van der Waals surface area contributed by atoms with Crippen molar-refractivity contribution in [1.82, 2.24) is 14.6 Å². The van der Waals surface area contributed by atoms with Crippen LogP contribution >= 0.6 is 0 Å². The van der Waals surface area contributed by atoms with Crippen LogP contribution in [-0.2, 0) is 0 Å². The fraction of sp³-hybridized carbons (Fsp3) is 0.500. The molecule has 84 valence electrons. The quantitative estimate of drug-likeness (QED) is 0.855. The summed E-state index contributed by atoms with van der Waals surface area (Å²) < 4.78 is 1.79. The largest absolute Gasteiger partial charge is 0.353 e. The van der Waals surface area contributed by atoms with E-state index < -0.39 is 0 Å². The van der Waals surface area contributed by atoms with E-state index in [0.717, 1.165) is 24.1 Å². The molecule has 1 unspecified atom stereocenters. The van der Waals surface area contributed by atoms with Crippen molar-refractivity contribution in [3.63, 3.8) is 0 Å². The highest BCUT2D eigenvalue weighted by molar-refractivity contribution is 5.42. The van der Waals surface area contributed by atoms with Crippen LogP contribution in [0.25, 0.3) is 5.65 Å². The molecule has 0 amide bonds. The normalized spacial score (nSPS) is 22.2. The van der Waals surface area contributed by atoms with Crippen LogP contribution in [0.3, 0.4) is 0 Å². The monoisotopic (exact) mass is 216 g/mol. The zero-order valence-corrected chi connectivity index (χ0v) is 9.64. The summed E-state index contributed by atoms with van der Waals surface area (Å²) in [5.74, 6) is 1.49. The second-order valence-electron chi connectivity index (χ2n) is 5.21. The van der Waals surface area contributed by atoms with Gasteiger partial charge < -0.3 is 5.32 Å². The average molecular weight is 216 g/mol. The fourth-order valence-corrected chi connectivity index (χ4v) is 2.05. The molecule has 0 saturated heterocycles. The number of anilines is 1. The number of pyridine rings is 1. The molecule has 0 bridgehead atoms. The Hall–Kier alpha value is -1.58. The van der Waals surface area contributed by atoms with Crippen LogP contribution in [0.15, 0.2) is 24.4 Å². The van der Waals surface area contributed by atoms with E-state index in [1.807, 2.05) is 24.4 Å². The van der Waals surface area contributed by atoms with Gasteiger partial charge >= 0.3 is 0 Å². The van der Waals surface area contributed by atoms with E-state index in [-0.39, 0.29) is 0 Å². The van der Waals surface area contributed by atoms with Crippen LogP contribution in [0.5, 0.6) is 0 Å². The van der Waals surface area contributed by atoms with Gasteiger partial charge in [-0.1, -0.05) is 19.9 Å². The summed E-state index contributed by atoms with van der Waals surface area (Å²) in [4.78, 5) is 4.40. The molecule has 1 saturated carbocycles. The van der Waals surface area contributed by atoms with Gasteiger partial charge in [0.05, 0.1) is 0 Å². The van der Waals surface area contributed by atoms with E-state index in [1.165, 1.54) is 6.42 Å². The second kappa shape index (κ2) is 3.20. The molecule has 1 atom stereocenters. The van der Waals surface area contributed by atoms with E-state index in [9.17, 15) is 0 Å². The number of hydrogen-bond donors (Lipinski definition) is 1. The lowest BCUT2D eigenvalue weighted by atomic mass is 10.1. The lowest BCUT2D eigenvalue weighted by molar-refractivity contribution is 0.572. The molecule has 0 spiro atoms. The summed E-state index contributed by atoms with van der Waals surface area (Å²) >= 11 is 0. The Bertz CT molecular complexity index is 481. The van der Waals surface area contributed by atoms with E-state index in [4.69, 9.17) is 0 Å². The molecule has 1 aliphatic rings. The predicted molar refractivity (Wildman–Crippen MR) is 63.4 cm³/mol. The van der Waals surface area contributed by atoms with Gasteiger partial charge in [-0.2, -0.15) is 4.98 Å². The summed E-state index contributed by atoms with van der Waals surface area (Å²) in [5, 5.41) is 7.66. The van der Waals surface area contributed by atoms with Gasteiger partial charge in [0.15, 0.2) is 5.65 Å². The highest BCUT2D eigenvalue weighted by Gasteiger charge is 2.45. The molecule has 2 aromatic heterocycles. The van der Waals surface area contributed by atoms with Crippen molar-refractivity contribution in [3.8, 4) is 0 Å². The second-order valence-corrected chi connectivity index (χ2v) is 5.21. The van der Waals surface area contributed by atoms with Crippen LogP contribution in [-0.4, -0.2) is 21.1 Å². The molecule has 1 N–H and O–H groups in total. The maximum absolute atomic E-state index is 4.40. The van der Waals surface area contributed by atoms with Crippen molar-refractivity contribution in [2.24, 2.45) is 11.3 Å². The molecule has 0 aliphatic heterocycles. The zero-order valence-electron chi connectivity index (χ0n) is 9.64. The minimum Gasteiger partial charge on any atom is -0.353 e. The fourth-order valence-electron chi connectivity index (χ4n) is 2.05. The molecule has 0 aromatic carbocycles. The average Bonchev–Trinajstić information content (AvgIpc) is 2.72. The Kier molecular flexibility index (Phi) is 1.93. The zero-order chi connectivity index (χ0) is 11.2. The standard InChI is InChI=1S/C12H16N4/c1-12(2)7-9(12)8-13-11-14-10-5-3-4-6-16(10)15-11/h3-6,9H,7-8H2,1-2H3,(H,13,15). The Morgan fingerprint density at radius 3 is 3.00 bits per heavy atom. The summed E-state index contributed by atoms with van der Waals surface area (Å²) in [5.41, 5.74) is 1.40. The van der Waals surface area contributed by atoms with E-state index in [2.05, 4.69) is 29.2 Å². The first-order valence-electron chi connectivity index (χ1n) is 5.70. The highest BCUT2D eigenvalue weighted by atomic mass is 15.3. The van der Waals surface area contributed by atoms with Gasteiger partial charge in [-0.3, -0.25) is 0 Å². The number of nitrogens with one attached hydrogen (secondary N) is 1. The third kappa shape index (κ3) is 1.64. The molecule has 4 heteroatoms. The summed E-state index contributed by atoms with van der Waals surface area (Å²) in [6.07, 6.45) is 3.21. The highest BCUT2D eigenvalue weighted by Crippen LogP contribution is 2.51. The maximum atomic E-state index is 4.40. The van der Waals surface area contributed by atoms with E-state index >= 15 is 0 Å². The van der Waals surface area contributed by atoms with Gasteiger partial charge in [-0.15, -0.1) is 5.10 Å². The minimum absolute atomic E-state index is 0.506. The van der Waals surface area contributed by atoms with Gasteiger partial charge in [-0.05, 0) is 29.9 Å². The molecule has 16 heavy (non-hydrogen) atoms. The molecular weight excluding hydrogens is 200 g/mol. The van der Waals surface area contributed by atoms with Gasteiger partial charge in [0.25, 0.3) is 0 Å². The molecule has 4 nitrogen and oxygen atoms in total. The number of hydrogen-bond acceptors (Lipinski definition) is 3. The summed E-state index contributed by atoms with van der Waals surface area (Å²) in [6.45, 7) is 5.58. The van der Waals surface area contributed by atoms with Crippen molar-refractivity contribution in [1.29, 1.82) is 0 Å². The first kappa shape index (κ1) is 9.63. The van der Waals surface area contributed by atoms with Crippen LogP contribution in [0.4, 0.5) is 5.95 Å². The van der Waals surface area contributed by atoms with Gasteiger partial charge in [0.1, 0.15) is 0 Å². The lowest BCUT2D eigenvalue weighted by Crippen LogP contribution is -2.08. The molecule has 0 radical (unpaired) electrons. The van der Waals surface area contributed by atoms with Crippen molar-refractivity contribution in [2.45, 2.75) is 20.3 Å². The molecule has 2 aromatic rings. The van der Waals surface area contributed by atoms with Crippen molar-refractivity contribution in [2.75, 3.05) is 11.9 Å². The minimum atomic E-state index is 0.506. The Morgan fingerprint density at radius 1 is 1.50 bits per heavy atom. The van der Waals surface area contributed by atoms with Gasteiger partial charge in [0, 0.05) is 12.7 Å². The third-order valence-electron chi connectivity index (χ3n) is 3.47. The molecule has 3 rings (SSSR count). The van der Waals surface area contributed by atoms with Crippen molar-refractivity contribution in [3.05, 3.63) is 24.4 Å². The van der Waals surface area contributed by atoms with Crippen LogP contribution in [0, 0.1) is 11.3 Å². The first-order valence-corrected chi connectivity index (χ1v) is 5.70. The van der Waals surface area contributed by atoms with Crippen molar-refractivity contribution >= 4 is 11.6 Å². The maximum Gasteiger partial charge on any atom is 0.243 e. The molecule has 1 aliphatic carbocycles. The van der Waals surface area contributed by atoms with Gasteiger partial charge in [-0.25, -0.2) is 4.52 Å². The first-order chi connectivity index (χ1) is 7.65. The van der Waals surface area contributed by atoms with Gasteiger partial charge in [0.2, 0.25) is 5.95 Å². The Morgan fingerprint density at radius 2 is 2.31 bits per heavy atom. The van der Waals surface area contributed by atoms with E-state index in [1.54, 1.807) is 4.52 Å². The number of nitrogens with zero attached hydrogens (tertiary/aromatic N) is 3. The summed E-state index contributed by atoms with van der Waals surface area (Å²) in [6, 6.07) is 5.88. The number of rotatable bonds is 3. The smallest absolute Gasteiger partial charge is 0.243 e. The Labute approximate surface area is 94.7 Å².